The van der Waals surface area contributed by atoms with Gasteiger partial charge < -0.3 is 0 Å². The van der Waals surface area contributed by atoms with Gasteiger partial charge in [-0.05, 0) is 24.3 Å². The predicted molar refractivity (Wildman–Crippen MR) is 80.1 cm³/mol. The molecule has 8 nitrogen and oxygen atoms in total. The first-order valence-electron chi connectivity index (χ1n) is 7.59. The number of benzene rings is 1. The van der Waals surface area contributed by atoms with Crippen LogP contribution < -0.4 is 5.43 Å². The Balaban J connectivity index is 1.55. The highest BCUT2D eigenvalue weighted by molar-refractivity contribution is 6.08. The predicted octanol–water partition coefficient (Wildman–Crippen LogP) is 1.05. The summed E-state index contributed by atoms with van der Waals surface area (Å²) in [4.78, 5) is 47.4. The van der Waals surface area contributed by atoms with E-state index in [1.807, 2.05) is 12.2 Å². The van der Waals surface area contributed by atoms with Crippen molar-refractivity contribution in [3.63, 3.8) is 0 Å². The van der Waals surface area contributed by atoms with E-state index in [0.717, 1.165) is 17.5 Å². The van der Waals surface area contributed by atoms with E-state index in [1.165, 1.54) is 18.2 Å². The Morgan fingerprint density at radius 2 is 1.79 bits per heavy atom. The van der Waals surface area contributed by atoms with E-state index in [1.54, 1.807) is 0 Å². The van der Waals surface area contributed by atoms with Gasteiger partial charge in [0.05, 0.1) is 16.8 Å². The third kappa shape index (κ3) is 1.96. The molecule has 3 amide bonds. The number of carbonyl (C=O) groups excluding carboxylic acids is 3. The van der Waals surface area contributed by atoms with Crippen LogP contribution in [0.25, 0.3) is 0 Å². The standard InChI is InChI=1S/C16H13N3O5/c20-14(10-2-1-3-11(7-10)19(23)24)17-18-15(21)12-8-4-5-9(6-8)13(12)16(18)22/h1-5,7-9,12-13H,6H2,(H,17,20). The highest BCUT2D eigenvalue weighted by Crippen LogP contribution is 2.52. The fraction of sp³-hybridized carbons (Fsp3) is 0.312. The molecular weight excluding hydrogens is 314 g/mol. The van der Waals surface area contributed by atoms with Crippen molar-refractivity contribution in [2.75, 3.05) is 0 Å². The summed E-state index contributed by atoms with van der Waals surface area (Å²) in [5.74, 6) is -2.23. The van der Waals surface area contributed by atoms with Gasteiger partial charge >= 0.3 is 0 Å². The molecule has 122 valence electrons. The number of hydrogen-bond donors (Lipinski definition) is 1. The number of non-ortho nitro benzene ring substituents is 1. The number of nitrogens with zero attached hydrogens (tertiary/aromatic N) is 2. The summed E-state index contributed by atoms with van der Waals surface area (Å²) >= 11 is 0. The zero-order valence-electron chi connectivity index (χ0n) is 12.4. The number of nitro groups is 1. The lowest BCUT2D eigenvalue weighted by Gasteiger charge is -2.17. The van der Waals surface area contributed by atoms with Crippen LogP contribution in [-0.4, -0.2) is 27.7 Å². The van der Waals surface area contributed by atoms with E-state index in [4.69, 9.17) is 0 Å². The Morgan fingerprint density at radius 1 is 1.17 bits per heavy atom. The summed E-state index contributed by atoms with van der Waals surface area (Å²) in [5, 5.41) is 11.6. The molecule has 2 fully saturated rings. The Bertz CT molecular complexity index is 788. The summed E-state index contributed by atoms with van der Waals surface area (Å²) in [6.45, 7) is 0. The van der Waals surface area contributed by atoms with Gasteiger partial charge in [0.15, 0.2) is 0 Å². The molecule has 2 aliphatic carbocycles. The number of hydrogen-bond acceptors (Lipinski definition) is 5. The lowest BCUT2D eigenvalue weighted by atomic mass is 9.85. The molecule has 1 N–H and O–H groups in total. The zero-order chi connectivity index (χ0) is 17.0. The maximum Gasteiger partial charge on any atom is 0.270 e. The molecule has 4 atom stereocenters. The molecule has 4 unspecified atom stereocenters. The molecular formula is C16H13N3O5. The molecule has 1 aliphatic heterocycles. The lowest BCUT2D eigenvalue weighted by Crippen LogP contribution is -2.47. The first kappa shape index (κ1) is 14.6. The van der Waals surface area contributed by atoms with Crippen molar-refractivity contribution in [2.45, 2.75) is 6.42 Å². The molecule has 1 saturated heterocycles. The second kappa shape index (κ2) is 4.98. The minimum atomic E-state index is -0.722. The van der Waals surface area contributed by atoms with Crippen LogP contribution in [0.1, 0.15) is 16.8 Å². The van der Waals surface area contributed by atoms with Crippen LogP contribution >= 0.6 is 0 Å². The maximum absolute atomic E-state index is 12.5. The molecule has 1 heterocycles. The normalized spacial score (nSPS) is 29.9. The Hall–Kier alpha value is -3.03. The summed E-state index contributed by atoms with van der Waals surface area (Å²) < 4.78 is 0. The minimum Gasteiger partial charge on any atom is -0.272 e. The van der Waals surface area contributed by atoms with Crippen LogP contribution in [0.15, 0.2) is 36.4 Å². The molecule has 1 aromatic rings. The van der Waals surface area contributed by atoms with Crippen molar-refractivity contribution >= 4 is 23.4 Å². The second-order valence-electron chi connectivity index (χ2n) is 6.26. The van der Waals surface area contributed by atoms with Crippen molar-refractivity contribution in [1.82, 2.24) is 10.4 Å². The van der Waals surface area contributed by atoms with Crippen molar-refractivity contribution in [3.8, 4) is 0 Å². The molecule has 0 aromatic heterocycles. The van der Waals surface area contributed by atoms with E-state index < -0.39 is 34.5 Å². The smallest absolute Gasteiger partial charge is 0.270 e. The lowest BCUT2D eigenvalue weighted by molar-refractivity contribution is -0.384. The van der Waals surface area contributed by atoms with Crippen LogP contribution in [0.5, 0.6) is 0 Å². The van der Waals surface area contributed by atoms with Gasteiger partial charge in [0, 0.05) is 17.7 Å². The van der Waals surface area contributed by atoms with Crippen LogP contribution in [0.4, 0.5) is 5.69 Å². The van der Waals surface area contributed by atoms with E-state index in [0.29, 0.717) is 0 Å². The Kier molecular flexibility index (Phi) is 3.02. The van der Waals surface area contributed by atoms with Gasteiger partial charge in [0.2, 0.25) is 0 Å². The van der Waals surface area contributed by atoms with Crippen molar-refractivity contribution in [3.05, 3.63) is 52.1 Å². The number of nitrogens with one attached hydrogen (secondary N) is 1. The van der Waals surface area contributed by atoms with Crippen molar-refractivity contribution in [1.29, 1.82) is 0 Å². The molecule has 0 radical (unpaired) electrons. The molecule has 4 rings (SSSR count). The first-order chi connectivity index (χ1) is 11.5. The number of carbonyl (C=O) groups is 3. The monoisotopic (exact) mass is 327 g/mol. The third-order valence-corrected chi connectivity index (χ3v) is 5.00. The van der Waals surface area contributed by atoms with Crippen molar-refractivity contribution < 1.29 is 19.3 Å². The van der Waals surface area contributed by atoms with Gasteiger partial charge in [-0.25, -0.2) is 0 Å². The van der Waals surface area contributed by atoms with Gasteiger partial charge in [0.25, 0.3) is 23.4 Å². The zero-order valence-corrected chi connectivity index (χ0v) is 12.4. The van der Waals surface area contributed by atoms with Gasteiger partial charge in [-0.15, -0.1) is 0 Å². The second-order valence-corrected chi connectivity index (χ2v) is 6.26. The molecule has 3 aliphatic rings. The number of imide groups is 1. The van der Waals surface area contributed by atoms with Crippen molar-refractivity contribution in [2.24, 2.45) is 23.7 Å². The largest absolute Gasteiger partial charge is 0.272 e. The molecule has 8 heteroatoms. The highest BCUT2D eigenvalue weighted by atomic mass is 16.6. The summed E-state index contributed by atoms with van der Waals surface area (Å²) in [6, 6.07) is 5.13. The van der Waals surface area contributed by atoms with Gasteiger partial charge in [0.1, 0.15) is 0 Å². The van der Waals surface area contributed by atoms with Gasteiger partial charge in [-0.2, -0.15) is 5.01 Å². The molecule has 24 heavy (non-hydrogen) atoms. The summed E-state index contributed by atoms with van der Waals surface area (Å²) in [6.07, 6.45) is 4.73. The summed E-state index contributed by atoms with van der Waals surface area (Å²) in [7, 11) is 0. The molecule has 1 saturated carbocycles. The first-order valence-corrected chi connectivity index (χ1v) is 7.59. The van der Waals surface area contributed by atoms with E-state index in [9.17, 15) is 24.5 Å². The van der Waals surface area contributed by atoms with Gasteiger partial charge in [-0.3, -0.25) is 29.9 Å². The van der Waals surface area contributed by atoms with Crippen LogP contribution in [0.3, 0.4) is 0 Å². The van der Waals surface area contributed by atoms with Crippen LogP contribution in [-0.2, 0) is 9.59 Å². The minimum absolute atomic E-state index is 0.0166. The molecule has 0 spiro atoms. The number of allylic oxidation sites excluding steroid dienone is 2. The van der Waals surface area contributed by atoms with E-state index >= 15 is 0 Å². The fourth-order valence-electron chi connectivity index (χ4n) is 3.94. The number of amides is 3. The number of hydrazine groups is 1. The van der Waals surface area contributed by atoms with Crippen LogP contribution in [0.2, 0.25) is 0 Å². The number of nitro benzene ring substituents is 1. The average molecular weight is 327 g/mol. The van der Waals surface area contributed by atoms with E-state index in [-0.39, 0.29) is 23.1 Å². The Labute approximate surface area is 136 Å². The topological polar surface area (TPSA) is 110 Å². The Morgan fingerprint density at radius 3 is 2.38 bits per heavy atom. The molecule has 2 bridgehead atoms. The van der Waals surface area contributed by atoms with Gasteiger partial charge in [-0.1, -0.05) is 18.2 Å². The third-order valence-electron chi connectivity index (χ3n) is 5.00. The SMILES string of the molecule is O=C(NN1C(=O)C2C3C=CC(C3)C2C1=O)c1cccc([N+](=O)[O-])c1. The van der Waals surface area contributed by atoms with E-state index in [2.05, 4.69) is 5.43 Å². The molecule has 1 aromatic carbocycles. The average Bonchev–Trinajstić information content (AvgIpc) is 3.24. The quantitative estimate of drug-likeness (QED) is 0.386. The number of fused-ring (bicyclic) bond motifs is 5. The number of rotatable bonds is 3. The summed E-state index contributed by atoms with van der Waals surface area (Å²) in [5.41, 5.74) is 2.08. The highest BCUT2D eigenvalue weighted by Gasteiger charge is 2.59. The maximum atomic E-state index is 12.5. The fourth-order valence-corrected chi connectivity index (χ4v) is 3.94. The van der Waals surface area contributed by atoms with Crippen LogP contribution in [0, 0.1) is 33.8 Å².